The standard InChI is InChI=1S/C24H30N4O4/c1-31-21-11-16(14-25-24(21)32-2)23(30)27-18-12-19-9-6-10-20(13-18)28(19)15-22(29)26-17-7-4-3-5-8-17/h3-5,7-8,11,14,18-20H,6,9-10,12-13,15H2,1-2H3,(H,26,29)(H,27,30). The number of carbonyl (C=O) groups is 2. The van der Waals surface area contributed by atoms with Crippen LogP contribution in [0.4, 0.5) is 5.69 Å². The summed E-state index contributed by atoms with van der Waals surface area (Å²) in [6.07, 6.45) is 6.41. The molecule has 2 aliphatic heterocycles. The van der Waals surface area contributed by atoms with E-state index in [1.54, 1.807) is 6.07 Å². The second kappa shape index (κ2) is 9.99. The molecule has 32 heavy (non-hydrogen) atoms. The molecular weight excluding hydrogens is 408 g/mol. The minimum atomic E-state index is -0.170. The van der Waals surface area contributed by atoms with Crippen molar-refractivity contribution in [3.8, 4) is 11.6 Å². The van der Waals surface area contributed by atoms with Crippen LogP contribution in [0.15, 0.2) is 42.6 Å². The van der Waals surface area contributed by atoms with Crippen LogP contribution in [-0.4, -0.2) is 60.6 Å². The molecule has 2 atom stereocenters. The number of aromatic nitrogens is 1. The van der Waals surface area contributed by atoms with Gasteiger partial charge >= 0.3 is 0 Å². The number of hydrogen-bond acceptors (Lipinski definition) is 6. The molecule has 2 bridgehead atoms. The molecule has 2 saturated heterocycles. The maximum atomic E-state index is 12.8. The van der Waals surface area contributed by atoms with Gasteiger partial charge in [-0.25, -0.2) is 4.98 Å². The van der Waals surface area contributed by atoms with Crippen LogP contribution in [0, 0.1) is 0 Å². The third kappa shape index (κ3) is 5.02. The highest BCUT2D eigenvalue weighted by molar-refractivity contribution is 5.94. The van der Waals surface area contributed by atoms with Gasteiger partial charge < -0.3 is 20.1 Å². The predicted octanol–water partition coefficient (Wildman–Crippen LogP) is 2.85. The Morgan fingerprint density at radius 3 is 2.47 bits per heavy atom. The number of rotatable bonds is 7. The van der Waals surface area contributed by atoms with Crippen molar-refractivity contribution in [2.45, 2.75) is 50.2 Å². The summed E-state index contributed by atoms with van der Waals surface area (Å²) in [4.78, 5) is 31.9. The summed E-state index contributed by atoms with van der Waals surface area (Å²) >= 11 is 0. The lowest BCUT2D eigenvalue weighted by Crippen LogP contribution is -2.58. The molecule has 2 unspecified atom stereocenters. The average Bonchev–Trinajstić information content (AvgIpc) is 2.79. The van der Waals surface area contributed by atoms with E-state index in [2.05, 4.69) is 20.5 Å². The molecule has 2 aromatic rings. The summed E-state index contributed by atoms with van der Waals surface area (Å²) in [6.45, 7) is 0.379. The zero-order valence-corrected chi connectivity index (χ0v) is 18.5. The molecule has 0 radical (unpaired) electrons. The first kappa shape index (κ1) is 22.1. The number of amides is 2. The molecule has 1 aromatic carbocycles. The third-order valence-corrected chi connectivity index (χ3v) is 6.34. The van der Waals surface area contributed by atoms with E-state index in [4.69, 9.17) is 9.47 Å². The fourth-order valence-corrected chi connectivity index (χ4v) is 4.87. The molecule has 170 valence electrons. The van der Waals surface area contributed by atoms with Gasteiger partial charge in [-0.3, -0.25) is 14.5 Å². The summed E-state index contributed by atoms with van der Waals surface area (Å²) in [5.74, 6) is 0.612. The van der Waals surface area contributed by atoms with Crippen LogP contribution in [0.5, 0.6) is 11.6 Å². The average molecular weight is 439 g/mol. The molecular formula is C24H30N4O4. The van der Waals surface area contributed by atoms with Crippen molar-refractivity contribution in [1.82, 2.24) is 15.2 Å². The molecule has 2 aliphatic rings. The van der Waals surface area contributed by atoms with Crippen molar-refractivity contribution < 1.29 is 19.1 Å². The second-order valence-electron chi connectivity index (χ2n) is 8.40. The highest BCUT2D eigenvalue weighted by Gasteiger charge is 2.39. The number of hydrogen-bond donors (Lipinski definition) is 2. The molecule has 2 fully saturated rings. The van der Waals surface area contributed by atoms with Crippen LogP contribution in [0.25, 0.3) is 0 Å². The van der Waals surface area contributed by atoms with Crippen LogP contribution in [0.2, 0.25) is 0 Å². The van der Waals surface area contributed by atoms with Gasteiger partial charge in [0.25, 0.3) is 11.8 Å². The lowest BCUT2D eigenvalue weighted by molar-refractivity contribution is -0.120. The summed E-state index contributed by atoms with van der Waals surface area (Å²) in [5.41, 5.74) is 1.26. The molecule has 0 aliphatic carbocycles. The number of carbonyl (C=O) groups excluding carboxylic acids is 2. The zero-order chi connectivity index (χ0) is 22.5. The van der Waals surface area contributed by atoms with E-state index < -0.39 is 0 Å². The molecule has 0 saturated carbocycles. The summed E-state index contributed by atoms with van der Waals surface area (Å²) < 4.78 is 10.4. The van der Waals surface area contributed by atoms with E-state index in [-0.39, 0.29) is 29.9 Å². The molecule has 8 nitrogen and oxygen atoms in total. The highest BCUT2D eigenvalue weighted by Crippen LogP contribution is 2.34. The number of pyridine rings is 1. The number of benzene rings is 1. The van der Waals surface area contributed by atoms with Crippen LogP contribution < -0.4 is 20.1 Å². The second-order valence-corrected chi connectivity index (χ2v) is 8.40. The van der Waals surface area contributed by atoms with Gasteiger partial charge in [0, 0.05) is 36.1 Å². The molecule has 8 heteroatoms. The third-order valence-electron chi connectivity index (χ3n) is 6.34. The van der Waals surface area contributed by atoms with Gasteiger partial charge in [-0.1, -0.05) is 24.6 Å². The van der Waals surface area contributed by atoms with Gasteiger partial charge in [-0.05, 0) is 37.8 Å². The molecule has 0 spiro atoms. The summed E-state index contributed by atoms with van der Waals surface area (Å²) in [5, 5.41) is 6.15. The van der Waals surface area contributed by atoms with Gasteiger partial charge in [-0.15, -0.1) is 0 Å². The Morgan fingerprint density at radius 2 is 1.81 bits per heavy atom. The van der Waals surface area contributed by atoms with E-state index in [0.29, 0.717) is 23.7 Å². The maximum Gasteiger partial charge on any atom is 0.256 e. The molecule has 3 heterocycles. The van der Waals surface area contributed by atoms with E-state index in [0.717, 1.165) is 37.8 Å². The van der Waals surface area contributed by atoms with Gasteiger partial charge in [-0.2, -0.15) is 0 Å². The van der Waals surface area contributed by atoms with E-state index in [9.17, 15) is 9.59 Å². The van der Waals surface area contributed by atoms with Gasteiger partial charge in [0.2, 0.25) is 5.91 Å². The Hall–Kier alpha value is -3.13. The summed E-state index contributed by atoms with van der Waals surface area (Å²) in [7, 11) is 3.03. The number of piperidine rings is 2. The van der Waals surface area contributed by atoms with Crippen LogP contribution in [0.1, 0.15) is 42.5 Å². The molecule has 2 amide bonds. The van der Waals surface area contributed by atoms with E-state index >= 15 is 0 Å². The van der Waals surface area contributed by atoms with Crippen molar-refractivity contribution in [3.63, 3.8) is 0 Å². The zero-order valence-electron chi connectivity index (χ0n) is 18.5. The Labute approximate surface area is 188 Å². The Morgan fingerprint density at radius 1 is 1.09 bits per heavy atom. The van der Waals surface area contributed by atoms with Crippen molar-refractivity contribution in [2.24, 2.45) is 0 Å². The normalized spacial score (nSPS) is 22.6. The Balaban J connectivity index is 1.37. The predicted molar refractivity (Wildman–Crippen MR) is 121 cm³/mol. The quantitative estimate of drug-likeness (QED) is 0.691. The first-order chi connectivity index (χ1) is 15.6. The first-order valence-electron chi connectivity index (χ1n) is 11.1. The van der Waals surface area contributed by atoms with Crippen LogP contribution in [-0.2, 0) is 4.79 Å². The Kier molecular flexibility index (Phi) is 6.90. The van der Waals surface area contributed by atoms with Crippen molar-refractivity contribution in [3.05, 3.63) is 48.2 Å². The summed E-state index contributed by atoms with van der Waals surface area (Å²) in [6, 6.07) is 11.8. The topological polar surface area (TPSA) is 92.8 Å². The minimum absolute atomic E-state index is 0.00647. The SMILES string of the molecule is COc1cc(C(=O)NC2CC3CCCC(C2)N3CC(=O)Nc2ccccc2)cnc1OC. The number of anilines is 1. The number of fused-ring (bicyclic) bond motifs is 2. The first-order valence-corrected chi connectivity index (χ1v) is 11.1. The fraction of sp³-hybridized carbons (Fsp3) is 0.458. The molecule has 2 N–H and O–H groups in total. The largest absolute Gasteiger partial charge is 0.491 e. The van der Waals surface area contributed by atoms with Crippen molar-refractivity contribution in [2.75, 3.05) is 26.1 Å². The number of ether oxygens (including phenoxy) is 2. The van der Waals surface area contributed by atoms with E-state index in [1.165, 1.54) is 20.4 Å². The van der Waals surface area contributed by atoms with E-state index in [1.807, 2.05) is 30.3 Å². The van der Waals surface area contributed by atoms with Crippen molar-refractivity contribution in [1.29, 1.82) is 0 Å². The van der Waals surface area contributed by atoms with Crippen LogP contribution >= 0.6 is 0 Å². The molecule has 4 rings (SSSR count). The Bertz CT molecular complexity index is 938. The van der Waals surface area contributed by atoms with Crippen LogP contribution in [0.3, 0.4) is 0 Å². The van der Waals surface area contributed by atoms with Crippen molar-refractivity contribution >= 4 is 17.5 Å². The van der Waals surface area contributed by atoms with Gasteiger partial charge in [0.05, 0.1) is 26.3 Å². The van der Waals surface area contributed by atoms with Gasteiger partial charge in [0.1, 0.15) is 0 Å². The minimum Gasteiger partial charge on any atom is -0.491 e. The monoisotopic (exact) mass is 438 g/mol. The lowest BCUT2D eigenvalue weighted by atomic mass is 9.81. The number of para-hydroxylation sites is 1. The lowest BCUT2D eigenvalue weighted by Gasteiger charge is -2.48. The number of methoxy groups -OCH3 is 2. The highest BCUT2D eigenvalue weighted by atomic mass is 16.5. The van der Waals surface area contributed by atoms with Gasteiger partial charge in [0.15, 0.2) is 5.75 Å². The maximum absolute atomic E-state index is 12.8. The number of nitrogens with one attached hydrogen (secondary N) is 2. The fourth-order valence-electron chi connectivity index (χ4n) is 4.87. The molecule has 1 aromatic heterocycles. The number of nitrogens with zero attached hydrogens (tertiary/aromatic N) is 2. The smallest absolute Gasteiger partial charge is 0.256 e.